The summed E-state index contributed by atoms with van der Waals surface area (Å²) >= 11 is 1.44. The van der Waals surface area contributed by atoms with Crippen molar-refractivity contribution in [1.29, 1.82) is 0 Å². The van der Waals surface area contributed by atoms with Crippen LogP contribution in [0.5, 0.6) is 5.75 Å². The zero-order valence-corrected chi connectivity index (χ0v) is 16.8. The van der Waals surface area contributed by atoms with Gasteiger partial charge in [0.1, 0.15) is 21.9 Å². The number of aliphatic carboxylic acids is 1. The minimum Gasteiger partial charge on any atom is -0.494 e. The fourth-order valence-corrected chi connectivity index (χ4v) is 4.33. The maximum Gasteiger partial charge on any atom is 0.329 e. The Morgan fingerprint density at radius 1 is 1.26 bits per heavy atom. The first-order valence-electron chi connectivity index (χ1n) is 8.68. The van der Waals surface area contributed by atoms with Gasteiger partial charge in [0.05, 0.1) is 12.0 Å². The molecular weight excluding hydrogens is 364 g/mol. The molecule has 6 nitrogen and oxygen atoms in total. The number of carboxylic acids is 1. The van der Waals surface area contributed by atoms with Crippen LogP contribution in [0.15, 0.2) is 29.1 Å². The topological polar surface area (TPSA) is 81.4 Å². The van der Waals surface area contributed by atoms with E-state index in [1.54, 1.807) is 6.92 Å². The molecule has 142 valence electrons. The molecule has 0 aliphatic rings. The van der Waals surface area contributed by atoms with E-state index in [1.807, 2.05) is 38.1 Å². The van der Waals surface area contributed by atoms with Crippen molar-refractivity contribution in [3.8, 4) is 16.9 Å². The minimum atomic E-state index is -1.39. The van der Waals surface area contributed by atoms with E-state index in [0.717, 1.165) is 21.8 Å². The number of thiophene rings is 1. The molecule has 0 radical (unpaired) electrons. The van der Waals surface area contributed by atoms with Gasteiger partial charge in [-0.25, -0.2) is 9.78 Å². The molecule has 0 spiro atoms. The maximum atomic E-state index is 13.3. The summed E-state index contributed by atoms with van der Waals surface area (Å²) in [5.74, 6) is 0.0691. The largest absolute Gasteiger partial charge is 0.494 e. The van der Waals surface area contributed by atoms with Gasteiger partial charge in [0.2, 0.25) is 0 Å². The highest BCUT2D eigenvalue weighted by Gasteiger charge is 2.33. The molecule has 0 saturated carbocycles. The van der Waals surface area contributed by atoms with Gasteiger partial charge in [0.15, 0.2) is 0 Å². The minimum absolute atomic E-state index is 0.335. The second-order valence-corrected chi connectivity index (χ2v) is 8.04. The molecule has 27 heavy (non-hydrogen) atoms. The Morgan fingerprint density at radius 2 is 1.89 bits per heavy atom. The second-order valence-electron chi connectivity index (χ2n) is 6.83. The van der Waals surface area contributed by atoms with Crippen molar-refractivity contribution in [2.45, 2.75) is 40.2 Å². The molecule has 3 aromatic rings. The molecule has 0 unspecified atom stereocenters. The van der Waals surface area contributed by atoms with Crippen molar-refractivity contribution in [1.82, 2.24) is 9.55 Å². The van der Waals surface area contributed by atoms with E-state index >= 15 is 0 Å². The average molecular weight is 386 g/mol. The Kier molecular flexibility index (Phi) is 4.82. The van der Waals surface area contributed by atoms with Crippen LogP contribution in [-0.4, -0.2) is 27.2 Å². The van der Waals surface area contributed by atoms with E-state index in [2.05, 4.69) is 4.98 Å². The lowest BCUT2D eigenvalue weighted by Gasteiger charge is -2.24. The van der Waals surface area contributed by atoms with Crippen LogP contribution in [0.4, 0.5) is 0 Å². The predicted molar refractivity (Wildman–Crippen MR) is 107 cm³/mol. The summed E-state index contributed by atoms with van der Waals surface area (Å²) in [5.41, 5.74) is -0.0536. The lowest BCUT2D eigenvalue weighted by Crippen LogP contribution is -2.44. The number of aromatic nitrogens is 2. The van der Waals surface area contributed by atoms with Gasteiger partial charge in [0.25, 0.3) is 5.56 Å². The van der Waals surface area contributed by atoms with Crippen LogP contribution in [0.3, 0.4) is 0 Å². The third-order valence-corrected chi connectivity index (χ3v) is 5.61. The van der Waals surface area contributed by atoms with E-state index in [4.69, 9.17) is 4.74 Å². The van der Waals surface area contributed by atoms with Gasteiger partial charge in [-0.05, 0) is 52.3 Å². The Bertz CT molecular complexity index is 1080. The molecular formula is C20H22N2O4S. The van der Waals surface area contributed by atoms with Gasteiger partial charge in [-0.2, -0.15) is 0 Å². The van der Waals surface area contributed by atoms with Crippen molar-refractivity contribution >= 4 is 27.5 Å². The second kappa shape index (κ2) is 6.81. The molecule has 0 aliphatic carbocycles. The van der Waals surface area contributed by atoms with E-state index in [0.29, 0.717) is 22.6 Å². The molecule has 0 fully saturated rings. The van der Waals surface area contributed by atoms with Crippen LogP contribution in [0.25, 0.3) is 21.3 Å². The number of benzene rings is 1. The van der Waals surface area contributed by atoms with E-state index in [9.17, 15) is 14.7 Å². The van der Waals surface area contributed by atoms with Crippen molar-refractivity contribution in [3.05, 3.63) is 45.3 Å². The van der Waals surface area contributed by atoms with Crippen LogP contribution in [0.1, 0.15) is 31.5 Å². The normalized spacial score (nSPS) is 11.7. The summed E-state index contributed by atoms with van der Waals surface area (Å²) in [5, 5.41) is 10.0. The zero-order chi connectivity index (χ0) is 19.9. The number of carboxylic acid groups (broad SMARTS) is 1. The maximum absolute atomic E-state index is 13.3. The van der Waals surface area contributed by atoms with Crippen molar-refractivity contribution < 1.29 is 14.6 Å². The number of nitrogens with zero attached hydrogens (tertiary/aromatic N) is 2. The summed E-state index contributed by atoms with van der Waals surface area (Å²) in [6.45, 7) is 9.12. The first-order valence-corrected chi connectivity index (χ1v) is 9.50. The number of hydrogen-bond acceptors (Lipinski definition) is 5. The quantitative estimate of drug-likeness (QED) is 0.718. The standard InChI is InChI=1S/C20H22N2O4S/c1-6-26-14-9-7-13(8-10-14)15-11(2)27-17-16(15)18(23)22(12(3)21-17)20(4,5)19(24)25/h7-10H,6H2,1-5H3,(H,24,25). The SMILES string of the molecule is CCOc1ccc(-c2c(C)sc3nc(C)n(C(C)(C)C(=O)O)c(=O)c23)cc1. The highest BCUT2D eigenvalue weighted by atomic mass is 32.1. The smallest absolute Gasteiger partial charge is 0.329 e. The summed E-state index contributed by atoms with van der Waals surface area (Å²) in [6, 6.07) is 7.54. The van der Waals surface area contributed by atoms with E-state index in [-0.39, 0.29) is 5.56 Å². The fourth-order valence-electron chi connectivity index (χ4n) is 3.25. The number of aryl methyl sites for hydroxylation is 2. The number of fused-ring (bicyclic) bond motifs is 1. The van der Waals surface area contributed by atoms with Crippen LogP contribution < -0.4 is 10.3 Å². The van der Waals surface area contributed by atoms with Crippen molar-refractivity contribution in [3.63, 3.8) is 0 Å². The molecule has 1 N–H and O–H groups in total. The van der Waals surface area contributed by atoms with Gasteiger partial charge in [0, 0.05) is 10.4 Å². The summed E-state index contributed by atoms with van der Waals surface area (Å²) in [7, 11) is 0. The van der Waals surface area contributed by atoms with E-state index < -0.39 is 11.5 Å². The summed E-state index contributed by atoms with van der Waals surface area (Å²) in [4.78, 5) is 31.2. The Balaban J connectivity index is 2.30. The molecule has 0 bridgehead atoms. The highest BCUT2D eigenvalue weighted by molar-refractivity contribution is 7.19. The highest BCUT2D eigenvalue weighted by Crippen LogP contribution is 2.36. The lowest BCUT2D eigenvalue weighted by molar-refractivity contribution is -0.145. The number of rotatable bonds is 5. The Morgan fingerprint density at radius 3 is 2.44 bits per heavy atom. The van der Waals surface area contributed by atoms with Crippen LogP contribution in [0, 0.1) is 13.8 Å². The van der Waals surface area contributed by atoms with Crippen LogP contribution >= 0.6 is 11.3 Å². The molecule has 2 heterocycles. The Labute approximate surface area is 161 Å². The molecule has 1 aromatic carbocycles. The zero-order valence-electron chi connectivity index (χ0n) is 16.0. The predicted octanol–water partition coefficient (Wildman–Crippen LogP) is 3.96. The fraction of sp³-hybridized carbons (Fsp3) is 0.350. The van der Waals surface area contributed by atoms with E-state index in [1.165, 1.54) is 29.8 Å². The van der Waals surface area contributed by atoms with Crippen LogP contribution in [0.2, 0.25) is 0 Å². The van der Waals surface area contributed by atoms with Gasteiger partial charge < -0.3 is 9.84 Å². The van der Waals surface area contributed by atoms with Gasteiger partial charge in [-0.15, -0.1) is 11.3 Å². The van der Waals surface area contributed by atoms with Crippen molar-refractivity contribution in [2.24, 2.45) is 0 Å². The molecule has 0 atom stereocenters. The molecule has 0 aliphatic heterocycles. The number of ether oxygens (including phenoxy) is 1. The molecule has 7 heteroatoms. The summed E-state index contributed by atoms with van der Waals surface area (Å²) < 4.78 is 6.75. The van der Waals surface area contributed by atoms with Gasteiger partial charge in [-0.3, -0.25) is 9.36 Å². The van der Waals surface area contributed by atoms with Crippen LogP contribution in [-0.2, 0) is 10.3 Å². The molecule has 2 aromatic heterocycles. The van der Waals surface area contributed by atoms with Crippen molar-refractivity contribution in [2.75, 3.05) is 6.61 Å². The first-order chi connectivity index (χ1) is 12.7. The lowest BCUT2D eigenvalue weighted by atomic mass is 10.0. The molecule has 0 saturated heterocycles. The van der Waals surface area contributed by atoms with Gasteiger partial charge in [-0.1, -0.05) is 12.1 Å². The number of hydrogen-bond donors (Lipinski definition) is 1. The third kappa shape index (κ3) is 3.12. The summed E-state index contributed by atoms with van der Waals surface area (Å²) in [6.07, 6.45) is 0. The number of carbonyl (C=O) groups is 1. The third-order valence-electron chi connectivity index (χ3n) is 4.61. The molecule has 0 amide bonds. The first kappa shape index (κ1) is 19.1. The van der Waals surface area contributed by atoms with Gasteiger partial charge >= 0.3 is 5.97 Å². The Hall–Kier alpha value is -2.67. The molecule has 3 rings (SSSR count). The monoisotopic (exact) mass is 386 g/mol. The average Bonchev–Trinajstić information content (AvgIpc) is 2.91.